The number of benzene rings is 1. The van der Waals surface area contributed by atoms with Gasteiger partial charge in [-0.1, -0.05) is 0 Å². The summed E-state index contributed by atoms with van der Waals surface area (Å²) in [7, 11) is 0. The fraction of sp³-hybridized carbons (Fsp3) is 0.562. The second kappa shape index (κ2) is 4.99. The van der Waals surface area contributed by atoms with Crippen molar-refractivity contribution in [1.29, 1.82) is 0 Å². The number of aromatic amines is 1. The zero-order valence-corrected chi connectivity index (χ0v) is 12.1. The number of alkyl halides is 2. The first-order chi connectivity index (χ1) is 10.6. The van der Waals surface area contributed by atoms with Crippen LogP contribution in [-0.2, 0) is 17.6 Å². The van der Waals surface area contributed by atoms with Gasteiger partial charge in [0.15, 0.2) is 0 Å². The van der Waals surface area contributed by atoms with Crippen molar-refractivity contribution in [2.75, 3.05) is 13.2 Å². The van der Waals surface area contributed by atoms with Gasteiger partial charge in [0.05, 0.1) is 11.7 Å². The van der Waals surface area contributed by atoms with Gasteiger partial charge in [-0.3, -0.25) is 5.10 Å². The molecule has 4 rings (SSSR count). The summed E-state index contributed by atoms with van der Waals surface area (Å²) in [5.41, 5.74) is 2.78. The Morgan fingerprint density at radius 2 is 2.09 bits per heavy atom. The van der Waals surface area contributed by atoms with Crippen LogP contribution < -0.4 is 0 Å². The molecule has 2 aliphatic rings. The highest BCUT2D eigenvalue weighted by Gasteiger charge is 2.49. The van der Waals surface area contributed by atoms with Gasteiger partial charge in [-0.05, 0) is 42.9 Å². The largest absolute Gasteiger partial charge is 0.382 e. The number of aromatic nitrogens is 2. The number of hydrogen-bond donors (Lipinski definition) is 2. The first-order valence-electron chi connectivity index (χ1n) is 7.70. The number of aliphatic hydroxyl groups is 1. The Labute approximate surface area is 126 Å². The summed E-state index contributed by atoms with van der Waals surface area (Å²) in [6.45, 7) is 0.665. The van der Waals surface area contributed by atoms with Crippen LogP contribution in [0.15, 0.2) is 12.3 Å². The van der Waals surface area contributed by atoms with E-state index in [-0.39, 0.29) is 12.8 Å². The van der Waals surface area contributed by atoms with Crippen LogP contribution in [0.3, 0.4) is 0 Å². The van der Waals surface area contributed by atoms with Crippen molar-refractivity contribution in [3.8, 4) is 0 Å². The Morgan fingerprint density at radius 1 is 1.32 bits per heavy atom. The minimum absolute atomic E-state index is 0.283. The molecule has 4 nitrogen and oxygen atoms in total. The van der Waals surface area contributed by atoms with E-state index in [0.29, 0.717) is 24.3 Å². The van der Waals surface area contributed by atoms with E-state index in [0.717, 1.165) is 29.4 Å². The molecule has 1 unspecified atom stereocenters. The van der Waals surface area contributed by atoms with Crippen LogP contribution in [0.2, 0.25) is 0 Å². The molecule has 1 aliphatic heterocycles. The van der Waals surface area contributed by atoms with Crippen molar-refractivity contribution < 1.29 is 18.6 Å². The van der Waals surface area contributed by atoms with E-state index < -0.39 is 17.9 Å². The molecule has 2 aromatic rings. The van der Waals surface area contributed by atoms with Gasteiger partial charge in [-0.15, -0.1) is 0 Å². The molecule has 1 saturated heterocycles. The molecular formula is C16H18F2N2O2. The fourth-order valence-electron chi connectivity index (χ4n) is 3.62. The summed E-state index contributed by atoms with van der Waals surface area (Å²) in [4.78, 5) is 0. The third-order valence-electron chi connectivity index (χ3n) is 5.03. The predicted molar refractivity (Wildman–Crippen MR) is 77.0 cm³/mol. The van der Waals surface area contributed by atoms with Gasteiger partial charge in [0.1, 0.15) is 6.10 Å². The Hall–Kier alpha value is -1.53. The molecule has 2 heterocycles. The van der Waals surface area contributed by atoms with E-state index >= 15 is 0 Å². The van der Waals surface area contributed by atoms with Crippen LogP contribution in [0, 0.1) is 5.92 Å². The van der Waals surface area contributed by atoms with Gasteiger partial charge in [-0.2, -0.15) is 5.10 Å². The monoisotopic (exact) mass is 308 g/mol. The average molecular weight is 308 g/mol. The maximum atomic E-state index is 14.8. The van der Waals surface area contributed by atoms with Gasteiger partial charge in [-0.25, -0.2) is 8.78 Å². The number of hydrogen-bond acceptors (Lipinski definition) is 3. The minimum Gasteiger partial charge on any atom is -0.382 e. The average Bonchev–Trinajstić information content (AvgIpc) is 2.97. The van der Waals surface area contributed by atoms with Crippen LogP contribution in [-0.4, -0.2) is 34.4 Å². The summed E-state index contributed by atoms with van der Waals surface area (Å²) in [6.07, 6.45) is 2.00. The zero-order valence-electron chi connectivity index (χ0n) is 12.1. The number of H-pyrrole nitrogens is 1. The van der Waals surface area contributed by atoms with Crippen LogP contribution >= 0.6 is 0 Å². The first-order valence-corrected chi connectivity index (χ1v) is 7.70. The summed E-state index contributed by atoms with van der Waals surface area (Å²) in [6, 6.07) is 1.97. The molecule has 1 fully saturated rings. The number of nitrogens with one attached hydrogen (secondary N) is 1. The lowest BCUT2D eigenvalue weighted by atomic mass is 9.78. The number of fused-ring (bicyclic) bond motifs is 2. The minimum atomic E-state index is -3.16. The molecule has 2 N–H and O–H groups in total. The van der Waals surface area contributed by atoms with E-state index in [4.69, 9.17) is 4.74 Å². The third kappa shape index (κ3) is 1.97. The summed E-state index contributed by atoms with van der Waals surface area (Å²) < 4.78 is 34.8. The second-order valence-corrected chi connectivity index (χ2v) is 6.23. The maximum Gasteiger partial charge on any atom is 0.280 e. The standard InChI is InChI=1S/C16H18F2N2O2/c17-16(18,11-3-5-22-6-4-11)15(21)13-12-2-1-9(12)7-10-8-19-20-14(10)13/h7-8,11,15,21H,1-6H2,(H,19,20). The molecule has 1 aromatic heterocycles. The third-order valence-corrected chi connectivity index (χ3v) is 5.03. The van der Waals surface area contributed by atoms with E-state index in [1.807, 2.05) is 6.07 Å². The second-order valence-electron chi connectivity index (χ2n) is 6.23. The van der Waals surface area contributed by atoms with Gasteiger partial charge in [0, 0.05) is 30.1 Å². The molecular weight excluding hydrogens is 290 g/mol. The molecule has 1 atom stereocenters. The molecule has 0 bridgehead atoms. The summed E-state index contributed by atoms with van der Waals surface area (Å²) >= 11 is 0. The molecule has 0 saturated carbocycles. The molecule has 118 valence electrons. The maximum absolute atomic E-state index is 14.8. The summed E-state index contributed by atoms with van der Waals surface area (Å²) in [5.74, 6) is -4.00. The quantitative estimate of drug-likeness (QED) is 0.916. The number of aryl methyl sites for hydroxylation is 1. The van der Waals surface area contributed by atoms with Gasteiger partial charge >= 0.3 is 0 Å². The highest BCUT2D eigenvalue weighted by Crippen LogP contribution is 2.46. The molecule has 1 aliphatic carbocycles. The zero-order chi connectivity index (χ0) is 15.3. The molecule has 1 aromatic carbocycles. The lowest BCUT2D eigenvalue weighted by Crippen LogP contribution is -2.39. The van der Waals surface area contributed by atoms with Crippen LogP contribution in [0.1, 0.15) is 35.6 Å². The number of aliphatic hydroxyl groups excluding tert-OH is 1. The van der Waals surface area contributed by atoms with Crippen LogP contribution in [0.5, 0.6) is 0 Å². The summed E-state index contributed by atoms with van der Waals surface area (Å²) in [5, 5.41) is 18.0. The Balaban J connectivity index is 1.77. The smallest absolute Gasteiger partial charge is 0.280 e. The number of nitrogens with zero attached hydrogens (tertiary/aromatic N) is 1. The van der Waals surface area contributed by atoms with Crippen molar-refractivity contribution in [2.24, 2.45) is 5.92 Å². The van der Waals surface area contributed by atoms with Crippen molar-refractivity contribution >= 4 is 10.9 Å². The number of ether oxygens (including phenoxy) is 1. The Bertz CT molecular complexity index is 707. The van der Waals surface area contributed by atoms with Crippen molar-refractivity contribution in [3.63, 3.8) is 0 Å². The molecule has 6 heteroatoms. The van der Waals surface area contributed by atoms with Gasteiger partial charge in [0.2, 0.25) is 0 Å². The van der Waals surface area contributed by atoms with Crippen molar-refractivity contribution in [1.82, 2.24) is 10.2 Å². The van der Waals surface area contributed by atoms with Crippen LogP contribution in [0.25, 0.3) is 10.9 Å². The molecule has 0 spiro atoms. The van der Waals surface area contributed by atoms with Crippen molar-refractivity contribution in [3.05, 3.63) is 29.0 Å². The Kier molecular flexibility index (Phi) is 3.20. The van der Waals surface area contributed by atoms with E-state index in [9.17, 15) is 13.9 Å². The lowest BCUT2D eigenvalue weighted by Gasteiger charge is -2.35. The highest BCUT2D eigenvalue weighted by molar-refractivity contribution is 5.85. The molecule has 22 heavy (non-hydrogen) atoms. The topological polar surface area (TPSA) is 58.1 Å². The lowest BCUT2D eigenvalue weighted by molar-refractivity contribution is -0.168. The molecule has 0 radical (unpaired) electrons. The predicted octanol–water partition coefficient (Wildman–Crippen LogP) is 2.76. The number of rotatable bonds is 3. The first kappa shape index (κ1) is 14.1. The van der Waals surface area contributed by atoms with E-state index in [1.54, 1.807) is 6.20 Å². The highest BCUT2D eigenvalue weighted by atomic mass is 19.3. The number of halogens is 2. The van der Waals surface area contributed by atoms with Crippen molar-refractivity contribution in [2.45, 2.75) is 37.7 Å². The Morgan fingerprint density at radius 3 is 2.77 bits per heavy atom. The van der Waals surface area contributed by atoms with E-state index in [1.165, 1.54) is 0 Å². The van der Waals surface area contributed by atoms with Gasteiger partial charge < -0.3 is 9.84 Å². The SMILES string of the molecule is OC(c1c2c(cc3cn[nH]c13)CC2)C(F)(F)C1CCOCC1. The molecule has 0 amide bonds. The normalized spacial score (nSPS) is 20.7. The van der Waals surface area contributed by atoms with Crippen LogP contribution in [0.4, 0.5) is 8.78 Å². The van der Waals surface area contributed by atoms with E-state index in [2.05, 4.69) is 10.2 Å². The van der Waals surface area contributed by atoms with Gasteiger partial charge in [0.25, 0.3) is 5.92 Å². The fourth-order valence-corrected chi connectivity index (χ4v) is 3.62.